The minimum atomic E-state index is -0.405. The molecule has 2 aromatic carbocycles. The van der Waals surface area contributed by atoms with Gasteiger partial charge in [0.05, 0.1) is 7.11 Å². The first-order valence-corrected chi connectivity index (χ1v) is 8.17. The highest BCUT2D eigenvalue weighted by molar-refractivity contribution is 5.79. The molecule has 0 bridgehead atoms. The number of nitrogens with zero attached hydrogens (tertiary/aromatic N) is 3. The summed E-state index contributed by atoms with van der Waals surface area (Å²) in [6.07, 6.45) is 0. The molecule has 4 aromatic rings. The number of pyridine rings is 1. The molecule has 0 amide bonds. The minimum Gasteiger partial charge on any atom is -0.493 e. The SMILES string of the molecule is COc1c(F)cccc1-c1cccc(COc2cc(N)nc3n[nH]nc23)c1. The molecule has 0 atom stereocenters. The number of anilines is 1. The van der Waals surface area contributed by atoms with Gasteiger partial charge in [-0.15, -0.1) is 5.10 Å². The van der Waals surface area contributed by atoms with Gasteiger partial charge in [0.2, 0.25) is 5.65 Å². The van der Waals surface area contributed by atoms with Crippen molar-refractivity contribution in [3.05, 3.63) is 59.9 Å². The van der Waals surface area contributed by atoms with Crippen molar-refractivity contribution in [2.24, 2.45) is 0 Å². The van der Waals surface area contributed by atoms with Gasteiger partial charge < -0.3 is 15.2 Å². The summed E-state index contributed by atoms with van der Waals surface area (Å²) in [5.74, 6) is 0.587. The second kappa shape index (κ2) is 6.91. The second-order valence-electron chi connectivity index (χ2n) is 5.85. The standard InChI is InChI=1S/C19H16FN5O2/c1-26-18-13(6-3-7-14(18)20)12-5-2-4-11(8-12)10-27-15-9-16(21)22-19-17(15)23-25-24-19/h2-9H,10H2,1H3,(H3,21,22,23,24,25). The normalized spacial score (nSPS) is 10.9. The van der Waals surface area contributed by atoms with Crippen LogP contribution in [0.15, 0.2) is 48.5 Å². The van der Waals surface area contributed by atoms with E-state index in [1.165, 1.54) is 13.2 Å². The predicted octanol–water partition coefficient (Wildman–Crippen LogP) is 3.33. The van der Waals surface area contributed by atoms with E-state index in [0.717, 1.165) is 11.1 Å². The van der Waals surface area contributed by atoms with Crippen molar-refractivity contribution in [1.82, 2.24) is 20.4 Å². The van der Waals surface area contributed by atoms with Crippen molar-refractivity contribution in [2.75, 3.05) is 12.8 Å². The van der Waals surface area contributed by atoms with Crippen LogP contribution in [0.25, 0.3) is 22.3 Å². The van der Waals surface area contributed by atoms with E-state index in [4.69, 9.17) is 15.2 Å². The molecule has 0 spiro atoms. The molecule has 0 unspecified atom stereocenters. The van der Waals surface area contributed by atoms with Gasteiger partial charge >= 0.3 is 0 Å². The molecule has 8 heteroatoms. The number of para-hydroxylation sites is 1. The number of halogens is 1. The van der Waals surface area contributed by atoms with E-state index < -0.39 is 5.82 Å². The Kier molecular flexibility index (Phi) is 4.29. The van der Waals surface area contributed by atoms with E-state index in [1.54, 1.807) is 12.1 Å². The summed E-state index contributed by atoms with van der Waals surface area (Å²) in [6, 6.07) is 14.0. The summed E-state index contributed by atoms with van der Waals surface area (Å²) in [5, 5.41) is 10.5. The van der Waals surface area contributed by atoms with Crippen molar-refractivity contribution in [3.63, 3.8) is 0 Å². The Morgan fingerprint density at radius 3 is 2.81 bits per heavy atom. The number of nitrogens with two attached hydrogens (primary N) is 1. The van der Waals surface area contributed by atoms with Crippen molar-refractivity contribution >= 4 is 17.0 Å². The fraction of sp³-hybridized carbons (Fsp3) is 0.105. The molecular weight excluding hydrogens is 349 g/mol. The van der Waals surface area contributed by atoms with Gasteiger partial charge in [0.1, 0.15) is 12.4 Å². The molecular formula is C19H16FN5O2. The van der Waals surface area contributed by atoms with Crippen LogP contribution in [0.1, 0.15) is 5.56 Å². The zero-order chi connectivity index (χ0) is 18.8. The third-order valence-electron chi connectivity index (χ3n) is 4.08. The molecule has 27 heavy (non-hydrogen) atoms. The van der Waals surface area contributed by atoms with E-state index >= 15 is 0 Å². The van der Waals surface area contributed by atoms with Crippen LogP contribution in [-0.2, 0) is 6.61 Å². The van der Waals surface area contributed by atoms with Crippen molar-refractivity contribution in [1.29, 1.82) is 0 Å². The first-order chi connectivity index (χ1) is 13.2. The van der Waals surface area contributed by atoms with Crippen LogP contribution < -0.4 is 15.2 Å². The molecule has 2 heterocycles. The molecule has 0 aliphatic heterocycles. The summed E-state index contributed by atoms with van der Waals surface area (Å²) >= 11 is 0. The van der Waals surface area contributed by atoms with Gasteiger partial charge in [-0.25, -0.2) is 9.37 Å². The zero-order valence-corrected chi connectivity index (χ0v) is 14.4. The van der Waals surface area contributed by atoms with Crippen LogP contribution in [-0.4, -0.2) is 27.5 Å². The van der Waals surface area contributed by atoms with Crippen LogP contribution in [0.5, 0.6) is 11.5 Å². The summed E-state index contributed by atoms with van der Waals surface area (Å²) in [6.45, 7) is 0.275. The number of benzene rings is 2. The second-order valence-corrected chi connectivity index (χ2v) is 5.85. The first-order valence-electron chi connectivity index (χ1n) is 8.17. The topological polar surface area (TPSA) is 98.9 Å². The number of hydrogen-bond donors (Lipinski definition) is 2. The average molecular weight is 365 g/mol. The van der Waals surface area contributed by atoms with E-state index in [1.807, 2.05) is 30.3 Å². The van der Waals surface area contributed by atoms with E-state index in [9.17, 15) is 4.39 Å². The molecule has 0 saturated carbocycles. The Morgan fingerprint density at radius 1 is 1.11 bits per heavy atom. The summed E-state index contributed by atoms with van der Waals surface area (Å²) in [7, 11) is 1.45. The van der Waals surface area contributed by atoms with Gasteiger partial charge in [-0.3, -0.25) is 0 Å². The van der Waals surface area contributed by atoms with Crippen LogP contribution in [0, 0.1) is 5.82 Å². The third kappa shape index (κ3) is 3.24. The lowest BCUT2D eigenvalue weighted by Gasteiger charge is -2.11. The Hall–Kier alpha value is -3.68. The van der Waals surface area contributed by atoms with Crippen molar-refractivity contribution < 1.29 is 13.9 Å². The molecule has 0 radical (unpaired) electrons. The number of nitrogens with one attached hydrogen (secondary N) is 1. The molecule has 4 rings (SSSR count). The Morgan fingerprint density at radius 2 is 1.96 bits per heavy atom. The monoisotopic (exact) mass is 365 g/mol. The molecule has 136 valence electrons. The number of H-pyrrole nitrogens is 1. The molecule has 0 aliphatic carbocycles. The zero-order valence-electron chi connectivity index (χ0n) is 14.4. The Bertz CT molecular complexity index is 1110. The maximum Gasteiger partial charge on any atom is 0.207 e. The summed E-state index contributed by atoms with van der Waals surface area (Å²) in [4.78, 5) is 4.08. The number of methoxy groups -OCH3 is 1. The fourth-order valence-electron chi connectivity index (χ4n) is 2.87. The van der Waals surface area contributed by atoms with Gasteiger partial charge in [0.15, 0.2) is 22.8 Å². The third-order valence-corrected chi connectivity index (χ3v) is 4.08. The van der Waals surface area contributed by atoms with Gasteiger partial charge in [0, 0.05) is 11.6 Å². The summed E-state index contributed by atoms with van der Waals surface area (Å²) < 4.78 is 25.1. The molecule has 2 aromatic heterocycles. The number of nitrogen functional groups attached to an aromatic ring is 1. The lowest BCUT2D eigenvalue weighted by atomic mass is 10.0. The van der Waals surface area contributed by atoms with E-state index in [2.05, 4.69) is 20.4 Å². The van der Waals surface area contributed by atoms with Crippen LogP contribution >= 0.6 is 0 Å². The largest absolute Gasteiger partial charge is 0.493 e. The number of aromatic nitrogens is 4. The van der Waals surface area contributed by atoms with Crippen LogP contribution in [0.3, 0.4) is 0 Å². The van der Waals surface area contributed by atoms with Gasteiger partial charge in [-0.05, 0) is 23.3 Å². The van der Waals surface area contributed by atoms with Crippen molar-refractivity contribution in [2.45, 2.75) is 6.61 Å². The maximum atomic E-state index is 14.0. The Balaban J connectivity index is 1.62. The van der Waals surface area contributed by atoms with Gasteiger partial charge in [0.25, 0.3) is 0 Å². The molecule has 0 saturated heterocycles. The number of fused-ring (bicyclic) bond motifs is 1. The van der Waals surface area contributed by atoms with Crippen molar-refractivity contribution in [3.8, 4) is 22.6 Å². The van der Waals surface area contributed by atoms with E-state index in [0.29, 0.717) is 28.3 Å². The first kappa shape index (κ1) is 16.8. The number of ether oxygens (including phenoxy) is 2. The quantitative estimate of drug-likeness (QED) is 0.563. The average Bonchev–Trinajstić information content (AvgIpc) is 3.14. The molecule has 3 N–H and O–H groups in total. The molecule has 0 aliphatic rings. The summed E-state index contributed by atoms with van der Waals surface area (Å²) in [5.41, 5.74) is 9.07. The minimum absolute atomic E-state index is 0.210. The van der Waals surface area contributed by atoms with E-state index in [-0.39, 0.29) is 12.4 Å². The van der Waals surface area contributed by atoms with Crippen LogP contribution in [0.2, 0.25) is 0 Å². The molecule has 0 fully saturated rings. The van der Waals surface area contributed by atoms with Gasteiger partial charge in [-0.1, -0.05) is 30.3 Å². The molecule has 7 nitrogen and oxygen atoms in total. The Labute approximate surface area is 153 Å². The smallest absolute Gasteiger partial charge is 0.207 e. The predicted molar refractivity (Wildman–Crippen MR) is 98.8 cm³/mol. The number of rotatable bonds is 5. The highest BCUT2D eigenvalue weighted by Gasteiger charge is 2.12. The lowest BCUT2D eigenvalue weighted by molar-refractivity contribution is 0.309. The highest BCUT2D eigenvalue weighted by Crippen LogP contribution is 2.33. The number of aromatic amines is 1. The van der Waals surface area contributed by atoms with Crippen LogP contribution in [0.4, 0.5) is 10.2 Å². The lowest BCUT2D eigenvalue weighted by Crippen LogP contribution is -1.99. The number of hydrogen-bond acceptors (Lipinski definition) is 6. The van der Waals surface area contributed by atoms with Gasteiger partial charge in [-0.2, -0.15) is 10.3 Å². The maximum absolute atomic E-state index is 14.0. The fourth-order valence-corrected chi connectivity index (χ4v) is 2.87. The highest BCUT2D eigenvalue weighted by atomic mass is 19.1.